The van der Waals surface area contributed by atoms with Gasteiger partial charge in [0.25, 0.3) is 0 Å². The molecule has 1 aromatic heterocycles. The van der Waals surface area contributed by atoms with Crippen LogP contribution >= 0.6 is 0 Å². The van der Waals surface area contributed by atoms with Crippen molar-refractivity contribution in [2.75, 3.05) is 4.90 Å². The molecule has 7 aromatic carbocycles. The number of hydrogen-bond acceptors (Lipinski definition) is 2. The lowest BCUT2D eigenvalue weighted by molar-refractivity contribution is 0.659. The highest BCUT2D eigenvalue weighted by Crippen LogP contribution is 2.57. The Morgan fingerprint density at radius 1 is 0.511 bits per heavy atom. The highest BCUT2D eigenvalue weighted by molar-refractivity contribution is 6.23. The number of rotatable bonds is 4. The highest BCUT2D eigenvalue weighted by Gasteiger charge is 2.40. The van der Waals surface area contributed by atoms with Crippen molar-refractivity contribution >= 4 is 49.8 Å². The predicted octanol–water partition coefficient (Wildman–Crippen LogP) is 12.2. The molecule has 2 nitrogen and oxygen atoms in total. The summed E-state index contributed by atoms with van der Waals surface area (Å²) in [5, 5.41) is 4.83. The van der Waals surface area contributed by atoms with Crippen LogP contribution in [0.2, 0.25) is 0 Å². The number of nitrogens with zero attached hydrogens (tertiary/aromatic N) is 1. The van der Waals surface area contributed by atoms with Gasteiger partial charge in [-0.15, -0.1) is 0 Å². The molecule has 0 aliphatic heterocycles. The van der Waals surface area contributed by atoms with Gasteiger partial charge in [0.15, 0.2) is 0 Å². The van der Waals surface area contributed by atoms with Crippen molar-refractivity contribution in [1.29, 1.82) is 0 Å². The summed E-state index contributed by atoms with van der Waals surface area (Å²) in [5.74, 6) is 0. The predicted molar refractivity (Wildman–Crippen MR) is 189 cm³/mol. The van der Waals surface area contributed by atoms with Gasteiger partial charge >= 0.3 is 0 Å². The van der Waals surface area contributed by atoms with Crippen molar-refractivity contribution in [3.63, 3.8) is 0 Å². The summed E-state index contributed by atoms with van der Waals surface area (Å²) in [6.45, 7) is 4.75. The summed E-state index contributed by atoms with van der Waals surface area (Å²) >= 11 is 0. The van der Waals surface area contributed by atoms with Crippen LogP contribution in [0, 0.1) is 0 Å². The number of anilines is 3. The zero-order valence-corrected chi connectivity index (χ0v) is 25.3. The average molecular weight is 578 g/mol. The summed E-state index contributed by atoms with van der Waals surface area (Å²) in [4.78, 5) is 2.37. The maximum atomic E-state index is 6.59. The molecule has 0 spiro atoms. The van der Waals surface area contributed by atoms with Crippen molar-refractivity contribution in [2.24, 2.45) is 0 Å². The monoisotopic (exact) mass is 577 g/mol. The largest absolute Gasteiger partial charge is 0.455 e. The molecule has 2 heteroatoms. The van der Waals surface area contributed by atoms with Crippen LogP contribution in [0.1, 0.15) is 25.0 Å². The van der Waals surface area contributed by atoms with E-state index >= 15 is 0 Å². The van der Waals surface area contributed by atoms with Crippen LogP contribution < -0.4 is 4.90 Å². The van der Waals surface area contributed by atoms with E-state index in [2.05, 4.69) is 170 Å². The lowest BCUT2D eigenvalue weighted by atomic mass is 9.79. The zero-order valence-electron chi connectivity index (χ0n) is 25.3. The number of furan rings is 1. The molecule has 0 saturated carbocycles. The van der Waals surface area contributed by atoms with Crippen molar-refractivity contribution in [3.8, 4) is 22.3 Å². The van der Waals surface area contributed by atoms with Gasteiger partial charge in [-0.2, -0.15) is 0 Å². The van der Waals surface area contributed by atoms with E-state index in [4.69, 9.17) is 4.42 Å². The molecule has 1 aliphatic carbocycles. The molecule has 8 aromatic rings. The average Bonchev–Trinajstić information content (AvgIpc) is 3.59. The first-order valence-electron chi connectivity index (χ1n) is 15.6. The summed E-state index contributed by atoms with van der Waals surface area (Å²) in [6, 6.07) is 54.4. The Morgan fingerprint density at radius 2 is 1.09 bits per heavy atom. The maximum Gasteiger partial charge on any atom is 0.143 e. The molecule has 214 valence electrons. The van der Waals surface area contributed by atoms with Gasteiger partial charge in [0.05, 0.1) is 0 Å². The Hall–Kier alpha value is -5.60. The van der Waals surface area contributed by atoms with E-state index in [1.165, 1.54) is 54.9 Å². The first kappa shape index (κ1) is 25.9. The van der Waals surface area contributed by atoms with Crippen molar-refractivity contribution in [2.45, 2.75) is 19.3 Å². The number of hydrogen-bond donors (Lipinski definition) is 0. The van der Waals surface area contributed by atoms with Crippen LogP contribution in [0.25, 0.3) is 55.0 Å². The summed E-state index contributed by atoms with van der Waals surface area (Å²) in [5.41, 5.74) is 12.8. The fourth-order valence-corrected chi connectivity index (χ4v) is 7.55. The molecule has 0 saturated heterocycles. The van der Waals surface area contributed by atoms with Crippen LogP contribution in [-0.4, -0.2) is 0 Å². The first-order chi connectivity index (χ1) is 22.1. The molecule has 9 rings (SSSR count). The zero-order chi connectivity index (χ0) is 30.1. The fraction of sp³-hybridized carbons (Fsp3) is 0.0698. The van der Waals surface area contributed by atoms with Crippen LogP contribution in [-0.2, 0) is 5.41 Å². The SMILES string of the molecule is CC1(C)c2cc(N(c3ccccc3)c3ccc(-c4ccccc4)cc3)ccc2-c2c1c1c3ccccc3oc1c1ccccc21. The van der Waals surface area contributed by atoms with E-state index in [0.29, 0.717) is 0 Å². The number of fused-ring (bicyclic) bond motifs is 10. The normalized spacial score (nSPS) is 13.3. The Kier molecular flexibility index (Phi) is 5.58. The summed E-state index contributed by atoms with van der Waals surface area (Å²) in [6.07, 6.45) is 0. The van der Waals surface area contributed by atoms with E-state index < -0.39 is 0 Å². The highest BCUT2D eigenvalue weighted by atomic mass is 16.3. The van der Waals surface area contributed by atoms with E-state index in [1.54, 1.807) is 0 Å². The van der Waals surface area contributed by atoms with Gasteiger partial charge < -0.3 is 9.32 Å². The Labute approximate surface area is 262 Å². The smallest absolute Gasteiger partial charge is 0.143 e. The Bertz CT molecular complexity index is 2380. The minimum absolute atomic E-state index is 0.241. The molecule has 0 amide bonds. The van der Waals surface area contributed by atoms with E-state index in [0.717, 1.165) is 28.2 Å². The van der Waals surface area contributed by atoms with Crippen molar-refractivity contribution in [3.05, 3.63) is 163 Å². The molecule has 0 N–H and O–H groups in total. The van der Waals surface area contributed by atoms with Gasteiger partial charge in [0.1, 0.15) is 11.2 Å². The minimum atomic E-state index is -0.241. The van der Waals surface area contributed by atoms with Crippen LogP contribution in [0.15, 0.2) is 156 Å². The van der Waals surface area contributed by atoms with E-state index in [9.17, 15) is 0 Å². The fourth-order valence-electron chi connectivity index (χ4n) is 7.55. The Morgan fingerprint density at radius 3 is 1.84 bits per heavy atom. The molecule has 45 heavy (non-hydrogen) atoms. The topological polar surface area (TPSA) is 16.4 Å². The summed E-state index contributed by atoms with van der Waals surface area (Å²) in [7, 11) is 0. The standard InChI is InChI=1S/C43H31NO/c1-43(2)37-27-32(44(30-15-7-4-8-16-30)31-23-21-29(22-24-31)28-13-5-3-6-14-28)25-26-35(37)39-33-17-9-10-18-34(33)42-40(41(39)43)36-19-11-12-20-38(36)45-42/h3-27H,1-2H3. The lowest BCUT2D eigenvalue weighted by Crippen LogP contribution is -2.17. The van der Waals surface area contributed by atoms with Gasteiger partial charge in [0, 0.05) is 38.6 Å². The van der Waals surface area contributed by atoms with Crippen LogP contribution in [0.4, 0.5) is 17.1 Å². The molecular formula is C43H31NO. The second kappa shape index (κ2) is 9.70. The van der Waals surface area contributed by atoms with Gasteiger partial charge in [0.2, 0.25) is 0 Å². The quantitative estimate of drug-likeness (QED) is 0.207. The van der Waals surface area contributed by atoms with Crippen molar-refractivity contribution < 1.29 is 4.42 Å². The number of benzene rings is 7. The van der Waals surface area contributed by atoms with E-state index in [-0.39, 0.29) is 5.41 Å². The van der Waals surface area contributed by atoms with Gasteiger partial charge in [-0.1, -0.05) is 123 Å². The van der Waals surface area contributed by atoms with Gasteiger partial charge in [-0.05, 0) is 81.2 Å². The first-order valence-corrected chi connectivity index (χ1v) is 15.6. The molecule has 1 heterocycles. The molecule has 0 bridgehead atoms. The van der Waals surface area contributed by atoms with E-state index in [1.807, 2.05) is 0 Å². The minimum Gasteiger partial charge on any atom is -0.455 e. The second-order valence-electron chi connectivity index (χ2n) is 12.5. The lowest BCUT2D eigenvalue weighted by Gasteiger charge is -2.28. The molecular weight excluding hydrogens is 546 g/mol. The molecule has 0 radical (unpaired) electrons. The van der Waals surface area contributed by atoms with Gasteiger partial charge in [-0.25, -0.2) is 0 Å². The third-order valence-corrected chi connectivity index (χ3v) is 9.61. The Balaban J connectivity index is 1.26. The van der Waals surface area contributed by atoms with Crippen LogP contribution in [0.3, 0.4) is 0 Å². The molecule has 0 atom stereocenters. The molecule has 0 unspecified atom stereocenters. The molecule has 1 aliphatic rings. The third kappa shape index (κ3) is 3.82. The second-order valence-corrected chi connectivity index (χ2v) is 12.5. The maximum absolute atomic E-state index is 6.59. The number of para-hydroxylation sites is 2. The third-order valence-electron chi connectivity index (χ3n) is 9.61. The van der Waals surface area contributed by atoms with Crippen molar-refractivity contribution in [1.82, 2.24) is 0 Å². The van der Waals surface area contributed by atoms with Gasteiger partial charge in [-0.3, -0.25) is 0 Å². The molecule has 0 fully saturated rings. The van der Waals surface area contributed by atoms with Crippen LogP contribution in [0.5, 0.6) is 0 Å². The summed E-state index contributed by atoms with van der Waals surface area (Å²) < 4.78 is 6.59.